The van der Waals surface area contributed by atoms with E-state index in [2.05, 4.69) is 12.1 Å². The topological polar surface area (TPSA) is 23.8 Å². The third-order valence-electron chi connectivity index (χ3n) is 1.02. The molecule has 1 heteroatoms. The molecule has 0 N–H and O–H groups in total. The zero-order valence-corrected chi connectivity index (χ0v) is 4.81. The van der Waals surface area contributed by atoms with Gasteiger partial charge in [-0.3, -0.25) is 0 Å². The monoisotopic (exact) mass is 105 g/mol. The molecule has 0 spiro atoms. The van der Waals surface area contributed by atoms with Gasteiger partial charge >= 0.3 is 0 Å². The Labute approximate surface area is 48.9 Å². The van der Waals surface area contributed by atoms with Gasteiger partial charge in [-0.1, -0.05) is 6.08 Å². The van der Waals surface area contributed by atoms with E-state index in [1.165, 1.54) is 5.57 Å². The molecule has 0 radical (unpaired) electrons. The molecule has 0 saturated heterocycles. The van der Waals surface area contributed by atoms with Crippen LogP contribution in [0.1, 0.15) is 13.3 Å². The number of rotatable bonds is 1. The number of nitriles is 1. The number of allylic oxidation sites excluding steroid dienone is 4. The second-order valence-corrected chi connectivity index (χ2v) is 1.92. The first-order valence-electron chi connectivity index (χ1n) is 2.60. The maximum absolute atomic E-state index is 8.27. The van der Waals surface area contributed by atoms with Crippen molar-refractivity contribution in [1.82, 2.24) is 0 Å². The van der Waals surface area contributed by atoms with E-state index in [-0.39, 0.29) is 0 Å². The van der Waals surface area contributed by atoms with Crippen LogP contribution >= 0.6 is 0 Å². The van der Waals surface area contributed by atoms with Gasteiger partial charge in [0, 0.05) is 5.57 Å². The van der Waals surface area contributed by atoms with Crippen molar-refractivity contribution in [2.75, 3.05) is 0 Å². The number of hydrogen-bond acceptors (Lipinski definition) is 1. The Bertz CT molecular complexity index is 191. The molecule has 8 heavy (non-hydrogen) atoms. The average molecular weight is 105 g/mol. The highest BCUT2D eigenvalue weighted by Gasteiger charge is 2.01. The smallest absolute Gasteiger partial charge is 0.0944 e. The quantitative estimate of drug-likeness (QED) is 0.466. The molecular formula is C7H7N. The van der Waals surface area contributed by atoms with Crippen molar-refractivity contribution in [1.29, 1.82) is 5.26 Å². The molecule has 0 atom stereocenters. The predicted molar refractivity (Wildman–Crippen MR) is 32.1 cm³/mol. The molecule has 0 amide bonds. The molecule has 0 aromatic heterocycles. The van der Waals surface area contributed by atoms with Gasteiger partial charge < -0.3 is 0 Å². The lowest BCUT2D eigenvalue weighted by molar-refractivity contribution is 1.43. The van der Waals surface area contributed by atoms with Crippen LogP contribution in [0.3, 0.4) is 0 Å². The molecule has 1 aliphatic carbocycles. The Hall–Kier alpha value is -1.03. The fourth-order valence-corrected chi connectivity index (χ4v) is 0.487. The van der Waals surface area contributed by atoms with Gasteiger partial charge in [0.1, 0.15) is 0 Å². The lowest BCUT2D eigenvalue weighted by atomic mass is 10.3. The third-order valence-corrected chi connectivity index (χ3v) is 1.02. The molecule has 0 unspecified atom stereocenters. The third kappa shape index (κ3) is 1.23. The van der Waals surface area contributed by atoms with E-state index in [0.29, 0.717) is 0 Å². The van der Waals surface area contributed by atoms with Gasteiger partial charge in [0.15, 0.2) is 0 Å². The van der Waals surface area contributed by atoms with Crippen molar-refractivity contribution >= 4 is 0 Å². The Morgan fingerprint density at radius 3 is 3.00 bits per heavy atom. The van der Waals surface area contributed by atoms with E-state index in [0.717, 1.165) is 12.0 Å². The summed E-state index contributed by atoms with van der Waals surface area (Å²) in [6.07, 6.45) is 5.10. The van der Waals surface area contributed by atoms with E-state index in [9.17, 15) is 0 Å². The molecule has 1 aliphatic rings. The van der Waals surface area contributed by atoms with Crippen molar-refractivity contribution in [3.8, 4) is 6.07 Å². The maximum atomic E-state index is 8.27. The minimum Gasteiger partial charge on any atom is -0.193 e. The minimum absolute atomic E-state index is 0.800. The van der Waals surface area contributed by atoms with E-state index < -0.39 is 0 Å². The van der Waals surface area contributed by atoms with Crippen LogP contribution in [0.15, 0.2) is 23.3 Å². The number of nitrogens with zero attached hydrogens (tertiary/aromatic N) is 1. The summed E-state index contributed by atoms with van der Waals surface area (Å²) in [6, 6.07) is 2.06. The molecule has 0 heterocycles. The molecule has 0 aromatic carbocycles. The summed E-state index contributed by atoms with van der Waals surface area (Å²) in [5.41, 5.74) is 2.10. The van der Waals surface area contributed by atoms with Gasteiger partial charge in [0.2, 0.25) is 0 Å². The molecule has 0 aromatic rings. The van der Waals surface area contributed by atoms with Gasteiger partial charge in [-0.05, 0) is 25.0 Å². The highest BCUT2D eigenvalue weighted by atomic mass is 14.2. The Kier molecular flexibility index (Phi) is 1.17. The van der Waals surface area contributed by atoms with Gasteiger partial charge in [-0.25, -0.2) is 0 Å². The molecule has 1 rings (SSSR count). The van der Waals surface area contributed by atoms with E-state index >= 15 is 0 Å². The lowest BCUT2D eigenvalue weighted by Crippen LogP contribution is -1.63. The summed E-state index contributed by atoms with van der Waals surface area (Å²) in [6.45, 7) is 1.82. The fraction of sp³-hybridized carbons (Fsp3) is 0.286. The first kappa shape index (κ1) is 5.11. The summed E-state index contributed by atoms with van der Waals surface area (Å²) in [5, 5.41) is 8.27. The van der Waals surface area contributed by atoms with Gasteiger partial charge in [-0.2, -0.15) is 5.26 Å². The van der Waals surface area contributed by atoms with Crippen molar-refractivity contribution < 1.29 is 0 Å². The maximum Gasteiger partial charge on any atom is 0.0944 e. The lowest BCUT2D eigenvalue weighted by Gasteiger charge is -1.76. The van der Waals surface area contributed by atoms with Crippen LogP contribution in [0.4, 0.5) is 0 Å². The summed E-state index contributed by atoms with van der Waals surface area (Å²) in [4.78, 5) is 0. The Morgan fingerprint density at radius 2 is 2.62 bits per heavy atom. The van der Waals surface area contributed by atoms with Crippen molar-refractivity contribution in [3.63, 3.8) is 0 Å². The summed E-state index contributed by atoms with van der Waals surface area (Å²) >= 11 is 0. The minimum atomic E-state index is 0.800. The molecule has 0 fully saturated rings. The Balaban J connectivity index is 2.55. The normalized spacial score (nSPS) is 17.0. The SMILES string of the molecule is C/C(C#N)=C\C1=CC1. The van der Waals surface area contributed by atoms with Crippen molar-refractivity contribution in [2.45, 2.75) is 13.3 Å². The summed E-state index contributed by atoms with van der Waals surface area (Å²) < 4.78 is 0. The van der Waals surface area contributed by atoms with Crippen LogP contribution in [0.2, 0.25) is 0 Å². The molecule has 0 bridgehead atoms. The van der Waals surface area contributed by atoms with Crippen LogP contribution in [-0.4, -0.2) is 0 Å². The highest BCUT2D eigenvalue weighted by molar-refractivity contribution is 5.39. The average Bonchev–Trinajstić information content (AvgIpc) is 2.50. The van der Waals surface area contributed by atoms with E-state index in [1.807, 2.05) is 13.0 Å². The molecule has 0 aliphatic heterocycles. The van der Waals surface area contributed by atoms with Crippen LogP contribution < -0.4 is 0 Å². The van der Waals surface area contributed by atoms with Crippen LogP contribution in [-0.2, 0) is 0 Å². The molecule has 0 saturated carbocycles. The fourth-order valence-electron chi connectivity index (χ4n) is 0.487. The standard InChI is InChI=1S/C7H7N/c1-6(5-8)4-7-2-3-7/h2,4H,3H2,1H3/b6-4+. The van der Waals surface area contributed by atoms with E-state index in [1.54, 1.807) is 0 Å². The van der Waals surface area contributed by atoms with Gasteiger partial charge in [0.05, 0.1) is 6.07 Å². The predicted octanol–water partition coefficient (Wildman–Crippen LogP) is 1.79. The highest BCUT2D eigenvalue weighted by Crippen LogP contribution is 2.20. The Morgan fingerprint density at radius 1 is 2.00 bits per heavy atom. The first-order valence-corrected chi connectivity index (χ1v) is 2.60. The van der Waals surface area contributed by atoms with E-state index in [4.69, 9.17) is 5.26 Å². The van der Waals surface area contributed by atoms with Crippen molar-refractivity contribution in [2.24, 2.45) is 0 Å². The summed E-state index contributed by atoms with van der Waals surface area (Å²) in [5.74, 6) is 0. The largest absolute Gasteiger partial charge is 0.193 e. The molecular weight excluding hydrogens is 98.1 g/mol. The second kappa shape index (κ2) is 1.83. The number of hydrogen-bond donors (Lipinski definition) is 0. The van der Waals surface area contributed by atoms with Crippen LogP contribution in [0.5, 0.6) is 0 Å². The molecule has 1 nitrogen and oxygen atoms in total. The zero-order valence-electron chi connectivity index (χ0n) is 4.81. The zero-order chi connectivity index (χ0) is 5.98. The first-order chi connectivity index (χ1) is 3.83. The van der Waals surface area contributed by atoms with Crippen LogP contribution in [0, 0.1) is 11.3 Å². The molecule has 40 valence electrons. The van der Waals surface area contributed by atoms with Crippen LogP contribution in [0.25, 0.3) is 0 Å². The van der Waals surface area contributed by atoms with Crippen molar-refractivity contribution in [3.05, 3.63) is 23.3 Å². The van der Waals surface area contributed by atoms with Gasteiger partial charge in [-0.15, -0.1) is 0 Å². The summed E-state index contributed by atoms with van der Waals surface area (Å²) in [7, 11) is 0. The second-order valence-electron chi connectivity index (χ2n) is 1.92. The van der Waals surface area contributed by atoms with Gasteiger partial charge in [0.25, 0.3) is 0 Å².